The summed E-state index contributed by atoms with van der Waals surface area (Å²) in [7, 11) is 0. The van der Waals surface area contributed by atoms with Gasteiger partial charge >= 0.3 is 11.9 Å². The summed E-state index contributed by atoms with van der Waals surface area (Å²) in [4.78, 5) is 22.0. The molecule has 0 spiro atoms. The summed E-state index contributed by atoms with van der Waals surface area (Å²) < 4.78 is 4.54. The molecular formula is C11H19NO3. The number of hydrogen-bond donors (Lipinski definition) is 1. The van der Waals surface area contributed by atoms with Gasteiger partial charge in [-0.3, -0.25) is 4.79 Å². The van der Waals surface area contributed by atoms with Crippen LogP contribution < -0.4 is 5.32 Å². The molecule has 0 bridgehead atoms. The average molecular weight is 213 g/mol. The first-order valence-electron chi connectivity index (χ1n) is 5.72. The van der Waals surface area contributed by atoms with Crippen molar-refractivity contribution in [2.75, 3.05) is 6.54 Å². The Balaban J connectivity index is 2.10. The Kier molecular flexibility index (Phi) is 5.32. The van der Waals surface area contributed by atoms with Gasteiger partial charge in [-0.05, 0) is 19.4 Å². The van der Waals surface area contributed by atoms with Crippen LogP contribution in [0.3, 0.4) is 0 Å². The van der Waals surface area contributed by atoms with Crippen LogP contribution in [0.4, 0.5) is 0 Å². The van der Waals surface area contributed by atoms with Gasteiger partial charge in [0.1, 0.15) is 6.04 Å². The third-order valence-corrected chi connectivity index (χ3v) is 2.56. The van der Waals surface area contributed by atoms with Gasteiger partial charge in [0.05, 0.1) is 0 Å². The van der Waals surface area contributed by atoms with Crippen LogP contribution in [0.25, 0.3) is 0 Å². The molecule has 1 aliphatic heterocycles. The maximum Gasteiger partial charge on any atom is 0.330 e. The van der Waals surface area contributed by atoms with E-state index in [0.717, 1.165) is 13.0 Å². The summed E-state index contributed by atoms with van der Waals surface area (Å²) >= 11 is 0. The number of cyclic esters (lactones) is 2. The summed E-state index contributed by atoms with van der Waals surface area (Å²) in [6.45, 7) is 2.99. The molecule has 0 unspecified atom stereocenters. The van der Waals surface area contributed by atoms with Crippen LogP contribution in [0.15, 0.2) is 0 Å². The molecule has 1 N–H and O–H groups in total. The molecule has 0 aliphatic carbocycles. The number of unbranched alkanes of at least 4 members (excludes halogenated alkanes) is 3. The number of rotatable bonds is 6. The van der Waals surface area contributed by atoms with E-state index in [1.807, 2.05) is 0 Å². The molecule has 1 heterocycles. The molecule has 86 valence electrons. The normalized spacial score (nSPS) is 21.5. The van der Waals surface area contributed by atoms with Gasteiger partial charge in [0.25, 0.3) is 0 Å². The summed E-state index contributed by atoms with van der Waals surface area (Å²) in [6.07, 6.45) is 5.62. The van der Waals surface area contributed by atoms with Gasteiger partial charge in [-0.15, -0.1) is 0 Å². The zero-order valence-electron chi connectivity index (χ0n) is 9.25. The van der Waals surface area contributed by atoms with Gasteiger partial charge in [-0.2, -0.15) is 0 Å². The van der Waals surface area contributed by atoms with Crippen molar-refractivity contribution in [2.24, 2.45) is 0 Å². The SMILES string of the molecule is CCCCCCN[C@H]1CCC(=O)OC1=O. The van der Waals surface area contributed by atoms with E-state index < -0.39 is 11.9 Å². The molecule has 0 saturated carbocycles. The molecule has 1 rings (SSSR count). The number of carbonyl (C=O) groups excluding carboxylic acids is 2. The Labute approximate surface area is 90.4 Å². The first kappa shape index (κ1) is 12.2. The fraction of sp³-hybridized carbons (Fsp3) is 0.818. The Morgan fingerprint density at radius 3 is 2.80 bits per heavy atom. The first-order chi connectivity index (χ1) is 7.24. The molecule has 15 heavy (non-hydrogen) atoms. The summed E-state index contributed by atoms with van der Waals surface area (Å²) in [5, 5.41) is 3.12. The van der Waals surface area contributed by atoms with E-state index in [4.69, 9.17) is 0 Å². The lowest BCUT2D eigenvalue weighted by molar-refractivity contribution is -0.165. The van der Waals surface area contributed by atoms with Crippen LogP contribution in [-0.4, -0.2) is 24.5 Å². The van der Waals surface area contributed by atoms with Gasteiger partial charge < -0.3 is 10.1 Å². The molecule has 1 aliphatic rings. The Morgan fingerprint density at radius 2 is 2.13 bits per heavy atom. The molecule has 4 heteroatoms. The third-order valence-electron chi connectivity index (χ3n) is 2.56. The quantitative estimate of drug-likeness (QED) is 0.411. The maximum atomic E-state index is 11.2. The van der Waals surface area contributed by atoms with Crippen molar-refractivity contribution in [1.29, 1.82) is 0 Å². The van der Waals surface area contributed by atoms with Crippen molar-refractivity contribution in [3.05, 3.63) is 0 Å². The number of nitrogens with one attached hydrogen (secondary N) is 1. The molecule has 1 fully saturated rings. The fourth-order valence-electron chi connectivity index (χ4n) is 1.63. The van der Waals surface area contributed by atoms with Crippen molar-refractivity contribution in [3.8, 4) is 0 Å². The van der Waals surface area contributed by atoms with Gasteiger partial charge in [0, 0.05) is 6.42 Å². The largest absolute Gasteiger partial charge is 0.392 e. The van der Waals surface area contributed by atoms with E-state index in [9.17, 15) is 9.59 Å². The molecule has 1 saturated heterocycles. The van der Waals surface area contributed by atoms with E-state index >= 15 is 0 Å². The highest BCUT2D eigenvalue weighted by Gasteiger charge is 2.27. The van der Waals surface area contributed by atoms with Gasteiger partial charge in [0.2, 0.25) is 0 Å². The van der Waals surface area contributed by atoms with Crippen molar-refractivity contribution >= 4 is 11.9 Å². The lowest BCUT2D eigenvalue weighted by Gasteiger charge is -2.20. The molecular weight excluding hydrogens is 194 g/mol. The average Bonchev–Trinajstić information content (AvgIpc) is 2.20. The van der Waals surface area contributed by atoms with Crippen LogP contribution in [0.5, 0.6) is 0 Å². The number of esters is 2. The molecule has 1 atom stereocenters. The highest BCUT2D eigenvalue weighted by molar-refractivity contribution is 5.91. The van der Waals surface area contributed by atoms with Crippen molar-refractivity contribution in [1.82, 2.24) is 5.32 Å². The second-order valence-electron chi connectivity index (χ2n) is 3.90. The van der Waals surface area contributed by atoms with E-state index in [1.54, 1.807) is 0 Å². The number of carbonyl (C=O) groups is 2. The number of ether oxygens (including phenoxy) is 1. The second kappa shape index (κ2) is 6.56. The highest BCUT2D eigenvalue weighted by Crippen LogP contribution is 2.09. The van der Waals surface area contributed by atoms with E-state index in [2.05, 4.69) is 17.0 Å². The van der Waals surface area contributed by atoms with E-state index in [-0.39, 0.29) is 6.04 Å². The third kappa shape index (κ3) is 4.42. The van der Waals surface area contributed by atoms with Crippen molar-refractivity contribution in [3.63, 3.8) is 0 Å². The second-order valence-corrected chi connectivity index (χ2v) is 3.90. The highest BCUT2D eigenvalue weighted by atomic mass is 16.6. The zero-order valence-corrected chi connectivity index (χ0v) is 9.25. The van der Waals surface area contributed by atoms with Crippen LogP contribution in [-0.2, 0) is 14.3 Å². The minimum Gasteiger partial charge on any atom is -0.392 e. The summed E-state index contributed by atoms with van der Waals surface area (Å²) in [5.74, 6) is -0.814. The minimum atomic E-state index is -0.415. The molecule has 0 aromatic heterocycles. The standard InChI is InChI=1S/C11H19NO3/c1-2-3-4-5-8-12-9-6-7-10(13)15-11(9)14/h9,12H,2-8H2,1H3/t9-/m0/s1. The predicted octanol–water partition coefficient (Wildman–Crippen LogP) is 1.39. The van der Waals surface area contributed by atoms with Crippen LogP contribution in [0.1, 0.15) is 45.4 Å². The fourth-order valence-corrected chi connectivity index (χ4v) is 1.63. The van der Waals surface area contributed by atoms with Gasteiger partial charge in [-0.1, -0.05) is 26.2 Å². The first-order valence-corrected chi connectivity index (χ1v) is 5.72. The monoisotopic (exact) mass is 213 g/mol. The maximum absolute atomic E-state index is 11.2. The minimum absolute atomic E-state index is 0.274. The van der Waals surface area contributed by atoms with Crippen LogP contribution in [0.2, 0.25) is 0 Å². The topological polar surface area (TPSA) is 55.4 Å². The van der Waals surface area contributed by atoms with Crippen LogP contribution in [0, 0.1) is 0 Å². The zero-order chi connectivity index (χ0) is 11.1. The van der Waals surface area contributed by atoms with Gasteiger partial charge in [-0.25, -0.2) is 4.79 Å². The Bertz CT molecular complexity index is 228. The van der Waals surface area contributed by atoms with Crippen molar-refractivity contribution in [2.45, 2.75) is 51.5 Å². The molecule has 0 amide bonds. The lowest BCUT2D eigenvalue weighted by Crippen LogP contribution is -2.43. The van der Waals surface area contributed by atoms with E-state index in [0.29, 0.717) is 12.8 Å². The van der Waals surface area contributed by atoms with E-state index in [1.165, 1.54) is 19.3 Å². The molecule has 0 aromatic rings. The predicted molar refractivity (Wildman–Crippen MR) is 56.3 cm³/mol. The molecule has 0 radical (unpaired) electrons. The Hall–Kier alpha value is -0.900. The van der Waals surface area contributed by atoms with Gasteiger partial charge in [0.15, 0.2) is 0 Å². The summed E-state index contributed by atoms with van der Waals surface area (Å²) in [6, 6.07) is -0.274. The smallest absolute Gasteiger partial charge is 0.330 e. The molecule has 0 aromatic carbocycles. The summed E-state index contributed by atoms with van der Waals surface area (Å²) in [5.41, 5.74) is 0. The molecule has 4 nitrogen and oxygen atoms in total. The van der Waals surface area contributed by atoms with Crippen LogP contribution >= 0.6 is 0 Å². The Morgan fingerprint density at radius 1 is 1.33 bits per heavy atom. The number of hydrogen-bond acceptors (Lipinski definition) is 4. The van der Waals surface area contributed by atoms with Crippen molar-refractivity contribution < 1.29 is 14.3 Å². The lowest BCUT2D eigenvalue weighted by atomic mass is 10.1.